The van der Waals surface area contributed by atoms with Crippen molar-refractivity contribution in [2.45, 2.75) is 18.7 Å². The van der Waals surface area contributed by atoms with E-state index in [1.165, 1.54) is 0 Å². The van der Waals surface area contributed by atoms with Crippen LogP contribution in [0.5, 0.6) is 5.75 Å². The fourth-order valence-electron chi connectivity index (χ4n) is 2.74. The zero-order chi connectivity index (χ0) is 17.6. The van der Waals surface area contributed by atoms with Crippen molar-refractivity contribution in [2.24, 2.45) is 11.3 Å². The molecular weight excluding hydrogens is 332 g/mol. The second-order valence-electron chi connectivity index (χ2n) is 6.10. The van der Waals surface area contributed by atoms with Crippen molar-refractivity contribution in [3.63, 3.8) is 0 Å². The smallest absolute Gasteiger partial charge is 0.308 e. The Bertz CT molecular complexity index is 748. The molecule has 0 amide bonds. The van der Waals surface area contributed by atoms with E-state index in [9.17, 15) is 27.1 Å². The van der Waals surface area contributed by atoms with Crippen molar-refractivity contribution in [2.75, 3.05) is 20.2 Å². The zero-order valence-electron chi connectivity index (χ0n) is 12.8. The van der Waals surface area contributed by atoms with Gasteiger partial charge in [0.1, 0.15) is 17.4 Å². The predicted molar refractivity (Wildman–Crippen MR) is 76.6 cm³/mol. The average Bonchev–Trinajstić information content (AvgIpc) is 2.73. The van der Waals surface area contributed by atoms with Gasteiger partial charge >= 0.3 is 5.97 Å². The van der Waals surface area contributed by atoms with E-state index in [1.807, 2.05) is 0 Å². The number of benzene rings is 1. The summed E-state index contributed by atoms with van der Waals surface area (Å²) in [6.07, 6.45) is 0. The summed E-state index contributed by atoms with van der Waals surface area (Å²) in [4.78, 5) is 10.5. The molecule has 128 valence electrons. The number of carbonyl (C=O) groups is 1. The van der Waals surface area contributed by atoms with E-state index >= 15 is 0 Å². The first kappa shape index (κ1) is 17.6. The molecule has 9 heteroatoms. The number of hydrogen-bond donors (Lipinski definition) is 1. The number of sulfonamides is 1. The predicted octanol–water partition coefficient (Wildman–Crippen LogP) is 1.70. The highest BCUT2D eigenvalue weighted by molar-refractivity contribution is 7.89. The minimum Gasteiger partial charge on any atom is -0.495 e. The van der Waals surface area contributed by atoms with Crippen LogP contribution < -0.4 is 4.74 Å². The third-order valence-corrected chi connectivity index (χ3v) is 5.87. The number of hydrogen-bond acceptors (Lipinski definition) is 4. The Morgan fingerprint density at radius 1 is 1.39 bits per heavy atom. The van der Waals surface area contributed by atoms with Crippen LogP contribution in [0.4, 0.5) is 8.78 Å². The Morgan fingerprint density at radius 2 is 2.00 bits per heavy atom. The van der Waals surface area contributed by atoms with Gasteiger partial charge < -0.3 is 9.84 Å². The normalized spacial score (nSPS) is 21.3. The molecule has 1 aromatic carbocycles. The largest absolute Gasteiger partial charge is 0.495 e. The number of nitrogens with zero attached hydrogens (tertiary/aromatic N) is 1. The van der Waals surface area contributed by atoms with Crippen LogP contribution in [-0.4, -0.2) is 44.0 Å². The molecule has 6 nitrogen and oxygen atoms in total. The molecule has 0 aliphatic carbocycles. The number of halogens is 2. The maximum atomic E-state index is 14.1. The first-order valence-electron chi connectivity index (χ1n) is 6.76. The number of aliphatic carboxylic acids is 1. The van der Waals surface area contributed by atoms with Crippen LogP contribution in [0.3, 0.4) is 0 Å². The van der Waals surface area contributed by atoms with Gasteiger partial charge in [-0.25, -0.2) is 17.2 Å². The van der Waals surface area contributed by atoms with E-state index in [2.05, 4.69) is 0 Å². The van der Waals surface area contributed by atoms with Gasteiger partial charge in [0.05, 0.1) is 13.0 Å². The molecule has 23 heavy (non-hydrogen) atoms. The van der Waals surface area contributed by atoms with Gasteiger partial charge in [0.25, 0.3) is 0 Å². The van der Waals surface area contributed by atoms with Crippen LogP contribution in [0, 0.1) is 23.0 Å². The molecular formula is C14H17F2NO5S. The molecule has 1 atom stereocenters. The molecule has 1 aromatic rings. The van der Waals surface area contributed by atoms with E-state index < -0.39 is 49.6 Å². The van der Waals surface area contributed by atoms with Gasteiger partial charge in [-0.2, -0.15) is 4.31 Å². The van der Waals surface area contributed by atoms with Crippen LogP contribution in [0.15, 0.2) is 17.0 Å². The first-order chi connectivity index (χ1) is 10.5. The molecule has 0 spiro atoms. The summed E-state index contributed by atoms with van der Waals surface area (Å²) >= 11 is 0. The van der Waals surface area contributed by atoms with E-state index in [0.717, 1.165) is 17.5 Å². The Balaban J connectivity index is 2.51. The molecule has 1 saturated heterocycles. The molecule has 1 heterocycles. The molecule has 0 bridgehead atoms. The average molecular weight is 349 g/mol. The second kappa shape index (κ2) is 5.72. The van der Waals surface area contributed by atoms with Gasteiger partial charge in [0.15, 0.2) is 4.90 Å². The summed E-state index contributed by atoms with van der Waals surface area (Å²) in [6.45, 7) is 2.87. The first-order valence-corrected chi connectivity index (χ1v) is 8.20. The summed E-state index contributed by atoms with van der Waals surface area (Å²) in [5, 5.41) is 9.22. The Labute approximate surface area is 132 Å². The summed E-state index contributed by atoms with van der Waals surface area (Å²) in [6, 6.07) is 1.22. The van der Waals surface area contributed by atoms with Crippen LogP contribution in [0.2, 0.25) is 0 Å². The van der Waals surface area contributed by atoms with Crippen LogP contribution in [0.1, 0.15) is 13.8 Å². The van der Waals surface area contributed by atoms with E-state index in [-0.39, 0.29) is 13.1 Å². The van der Waals surface area contributed by atoms with Crippen LogP contribution >= 0.6 is 0 Å². The van der Waals surface area contributed by atoms with Crippen molar-refractivity contribution in [3.05, 3.63) is 23.8 Å². The standard InChI is InChI=1S/C14H17F2NO5S/c1-14(2)7-17(6-9(14)13(18)19)23(20,21)12-10(16)4-8(15)5-11(12)22-3/h4-5,9H,6-7H2,1-3H3,(H,18,19). The lowest BCUT2D eigenvalue weighted by Crippen LogP contribution is -2.31. The molecule has 1 aliphatic rings. The van der Waals surface area contributed by atoms with Crippen molar-refractivity contribution < 1.29 is 31.8 Å². The van der Waals surface area contributed by atoms with Gasteiger partial charge in [0.2, 0.25) is 10.0 Å². The maximum absolute atomic E-state index is 14.1. The summed E-state index contributed by atoms with van der Waals surface area (Å²) in [7, 11) is -3.26. The third-order valence-electron chi connectivity index (χ3n) is 4.00. The third kappa shape index (κ3) is 3.02. The van der Waals surface area contributed by atoms with E-state index in [1.54, 1.807) is 13.8 Å². The summed E-state index contributed by atoms with van der Waals surface area (Å²) in [5.41, 5.74) is -0.817. The van der Waals surface area contributed by atoms with Crippen LogP contribution in [0.25, 0.3) is 0 Å². The zero-order valence-corrected chi connectivity index (χ0v) is 13.7. The van der Waals surface area contributed by atoms with E-state index in [0.29, 0.717) is 6.07 Å². The molecule has 0 aromatic heterocycles. The van der Waals surface area contributed by atoms with Gasteiger partial charge in [-0.3, -0.25) is 4.79 Å². The molecule has 0 saturated carbocycles. The number of rotatable bonds is 4. The molecule has 1 aliphatic heterocycles. The summed E-state index contributed by atoms with van der Waals surface area (Å²) < 4.78 is 58.4. The second-order valence-corrected chi connectivity index (χ2v) is 7.97. The fraction of sp³-hybridized carbons (Fsp3) is 0.500. The highest BCUT2D eigenvalue weighted by Gasteiger charge is 2.49. The van der Waals surface area contributed by atoms with Crippen molar-refractivity contribution in [3.8, 4) is 5.75 Å². The van der Waals surface area contributed by atoms with Gasteiger partial charge in [-0.15, -0.1) is 0 Å². The fourth-order valence-corrected chi connectivity index (χ4v) is 4.55. The van der Waals surface area contributed by atoms with Crippen molar-refractivity contribution >= 4 is 16.0 Å². The quantitative estimate of drug-likeness (QED) is 0.894. The van der Waals surface area contributed by atoms with Gasteiger partial charge in [-0.05, 0) is 5.41 Å². The highest BCUT2D eigenvalue weighted by atomic mass is 32.2. The number of carboxylic acid groups (broad SMARTS) is 1. The SMILES string of the molecule is COc1cc(F)cc(F)c1S(=O)(=O)N1CC(C(=O)O)C(C)(C)C1. The van der Waals surface area contributed by atoms with Gasteiger partial charge in [0, 0.05) is 25.2 Å². The molecule has 0 radical (unpaired) electrons. The Kier molecular flexibility index (Phi) is 4.38. The lowest BCUT2D eigenvalue weighted by molar-refractivity contribution is -0.143. The number of carboxylic acids is 1. The molecule has 2 rings (SSSR count). The minimum atomic E-state index is -4.36. The Hall–Kier alpha value is -1.74. The van der Waals surface area contributed by atoms with Crippen molar-refractivity contribution in [1.82, 2.24) is 4.31 Å². The number of methoxy groups -OCH3 is 1. The summed E-state index contributed by atoms with van der Waals surface area (Å²) in [5.74, 6) is -4.76. The Morgan fingerprint density at radius 3 is 2.48 bits per heavy atom. The monoisotopic (exact) mass is 349 g/mol. The molecule has 1 fully saturated rings. The molecule has 1 unspecified atom stereocenters. The van der Waals surface area contributed by atoms with Gasteiger partial charge in [-0.1, -0.05) is 13.8 Å². The minimum absolute atomic E-state index is 0.0910. The molecule has 1 N–H and O–H groups in total. The lowest BCUT2D eigenvalue weighted by Gasteiger charge is -2.22. The maximum Gasteiger partial charge on any atom is 0.308 e. The topological polar surface area (TPSA) is 83.9 Å². The van der Waals surface area contributed by atoms with Crippen LogP contribution in [-0.2, 0) is 14.8 Å². The highest BCUT2D eigenvalue weighted by Crippen LogP contribution is 2.40. The lowest BCUT2D eigenvalue weighted by atomic mass is 9.82. The van der Waals surface area contributed by atoms with E-state index in [4.69, 9.17) is 4.74 Å². The van der Waals surface area contributed by atoms with Crippen molar-refractivity contribution in [1.29, 1.82) is 0 Å². The number of ether oxygens (including phenoxy) is 1.